The SMILES string of the molecule is CCSc1cc(C(=O)NC[C@@H]2CCS(=O)(=O)C2)ccn1. The molecule has 0 aliphatic carbocycles. The van der Waals surface area contributed by atoms with Gasteiger partial charge in [0.2, 0.25) is 0 Å². The Morgan fingerprint density at radius 1 is 1.55 bits per heavy atom. The largest absolute Gasteiger partial charge is 0.352 e. The van der Waals surface area contributed by atoms with Crippen LogP contribution in [0.1, 0.15) is 23.7 Å². The van der Waals surface area contributed by atoms with Gasteiger partial charge in [-0.3, -0.25) is 4.79 Å². The average Bonchev–Trinajstić information content (AvgIpc) is 2.76. The molecule has 0 spiro atoms. The van der Waals surface area contributed by atoms with Gasteiger partial charge < -0.3 is 5.32 Å². The minimum absolute atomic E-state index is 0.0373. The van der Waals surface area contributed by atoms with Crippen molar-refractivity contribution in [3.63, 3.8) is 0 Å². The summed E-state index contributed by atoms with van der Waals surface area (Å²) in [5.41, 5.74) is 0.566. The van der Waals surface area contributed by atoms with Crippen LogP contribution in [0, 0.1) is 5.92 Å². The first-order valence-electron chi connectivity index (χ1n) is 6.57. The number of sulfone groups is 1. The number of hydrogen-bond acceptors (Lipinski definition) is 5. The van der Waals surface area contributed by atoms with E-state index >= 15 is 0 Å². The van der Waals surface area contributed by atoms with Crippen LogP contribution >= 0.6 is 11.8 Å². The summed E-state index contributed by atoms with van der Waals surface area (Å²) in [6.07, 6.45) is 2.25. The van der Waals surface area contributed by atoms with Gasteiger partial charge in [0.25, 0.3) is 5.91 Å². The summed E-state index contributed by atoms with van der Waals surface area (Å²) >= 11 is 1.58. The molecule has 2 heterocycles. The first-order valence-corrected chi connectivity index (χ1v) is 9.38. The van der Waals surface area contributed by atoms with Gasteiger partial charge in [0.05, 0.1) is 16.5 Å². The molecule has 5 nitrogen and oxygen atoms in total. The molecule has 1 aromatic heterocycles. The van der Waals surface area contributed by atoms with Crippen LogP contribution in [0.4, 0.5) is 0 Å². The standard InChI is InChI=1S/C13H18N2O3S2/c1-2-19-12-7-11(3-5-14-12)13(16)15-8-10-4-6-20(17,18)9-10/h3,5,7,10H,2,4,6,8-9H2,1H3,(H,15,16)/t10-/m0/s1. The fraction of sp³-hybridized carbons (Fsp3) is 0.538. The number of rotatable bonds is 5. The van der Waals surface area contributed by atoms with Gasteiger partial charge in [-0.1, -0.05) is 6.92 Å². The second kappa shape index (κ2) is 6.58. The summed E-state index contributed by atoms with van der Waals surface area (Å²) in [6.45, 7) is 2.44. The maximum absolute atomic E-state index is 12.0. The summed E-state index contributed by atoms with van der Waals surface area (Å²) in [4.78, 5) is 16.2. The van der Waals surface area contributed by atoms with Crippen molar-refractivity contribution in [1.82, 2.24) is 10.3 Å². The third-order valence-electron chi connectivity index (χ3n) is 3.17. The zero-order valence-electron chi connectivity index (χ0n) is 11.3. The van der Waals surface area contributed by atoms with Gasteiger partial charge in [0.15, 0.2) is 9.84 Å². The van der Waals surface area contributed by atoms with Gasteiger partial charge in [-0.2, -0.15) is 0 Å². The zero-order chi connectivity index (χ0) is 14.6. The van der Waals surface area contributed by atoms with Gasteiger partial charge >= 0.3 is 0 Å². The lowest BCUT2D eigenvalue weighted by Gasteiger charge is -2.10. The first kappa shape index (κ1) is 15.3. The van der Waals surface area contributed by atoms with Gasteiger partial charge in [-0.15, -0.1) is 11.8 Å². The summed E-state index contributed by atoms with van der Waals surface area (Å²) in [6, 6.07) is 3.43. The quantitative estimate of drug-likeness (QED) is 0.831. The Balaban J connectivity index is 1.90. The predicted octanol–water partition coefficient (Wildman–Crippen LogP) is 1.36. The molecule has 0 aromatic carbocycles. The third kappa shape index (κ3) is 4.21. The molecule has 0 saturated carbocycles. The highest BCUT2D eigenvalue weighted by Crippen LogP contribution is 2.18. The van der Waals surface area contributed by atoms with E-state index in [1.165, 1.54) is 0 Å². The number of nitrogens with zero attached hydrogens (tertiary/aromatic N) is 1. The lowest BCUT2D eigenvalue weighted by atomic mass is 10.1. The van der Waals surface area contributed by atoms with E-state index in [4.69, 9.17) is 0 Å². The number of aromatic nitrogens is 1. The maximum Gasteiger partial charge on any atom is 0.251 e. The third-order valence-corrected chi connectivity index (χ3v) is 5.81. The molecule has 1 amide bonds. The number of pyridine rings is 1. The second-order valence-corrected chi connectivity index (χ2v) is 8.31. The lowest BCUT2D eigenvalue weighted by Crippen LogP contribution is -2.29. The highest BCUT2D eigenvalue weighted by atomic mass is 32.2. The van der Waals surface area contributed by atoms with E-state index < -0.39 is 9.84 Å². The van der Waals surface area contributed by atoms with Crippen LogP contribution in [-0.2, 0) is 9.84 Å². The van der Waals surface area contributed by atoms with Gasteiger partial charge in [0.1, 0.15) is 0 Å². The fourth-order valence-corrected chi connectivity index (χ4v) is 4.65. The number of carbonyl (C=O) groups excluding carboxylic acids is 1. The van der Waals surface area contributed by atoms with Gasteiger partial charge in [-0.05, 0) is 30.2 Å². The van der Waals surface area contributed by atoms with Gasteiger partial charge in [0, 0.05) is 18.3 Å². The summed E-state index contributed by atoms with van der Waals surface area (Å²) < 4.78 is 22.7. The average molecular weight is 314 g/mol. The van der Waals surface area contributed by atoms with E-state index in [-0.39, 0.29) is 23.3 Å². The van der Waals surface area contributed by atoms with Crippen molar-refractivity contribution in [1.29, 1.82) is 0 Å². The van der Waals surface area contributed by atoms with Crippen molar-refractivity contribution < 1.29 is 13.2 Å². The Morgan fingerprint density at radius 3 is 3.00 bits per heavy atom. The monoisotopic (exact) mass is 314 g/mol. The zero-order valence-corrected chi connectivity index (χ0v) is 13.0. The van der Waals surface area contributed by atoms with Crippen molar-refractivity contribution >= 4 is 27.5 Å². The minimum Gasteiger partial charge on any atom is -0.352 e. The van der Waals surface area contributed by atoms with Crippen LogP contribution < -0.4 is 5.32 Å². The molecule has 7 heteroatoms. The lowest BCUT2D eigenvalue weighted by molar-refractivity contribution is 0.0948. The molecule has 1 aromatic rings. The minimum atomic E-state index is -2.89. The molecule has 1 aliphatic rings. The fourth-order valence-electron chi connectivity index (χ4n) is 2.15. The molecule has 1 fully saturated rings. The van der Waals surface area contributed by atoms with Crippen molar-refractivity contribution in [3.8, 4) is 0 Å². The van der Waals surface area contributed by atoms with Crippen molar-refractivity contribution in [3.05, 3.63) is 23.9 Å². The Hall–Kier alpha value is -1.08. The number of nitrogens with one attached hydrogen (secondary N) is 1. The van der Waals surface area contributed by atoms with Crippen molar-refractivity contribution in [2.75, 3.05) is 23.8 Å². The number of amides is 1. The molecule has 1 aliphatic heterocycles. The van der Waals surface area contributed by atoms with Crippen molar-refractivity contribution in [2.45, 2.75) is 18.4 Å². The predicted molar refractivity (Wildman–Crippen MR) is 79.7 cm³/mol. The Morgan fingerprint density at radius 2 is 2.35 bits per heavy atom. The van der Waals surface area contributed by atoms with Crippen LogP contribution in [0.25, 0.3) is 0 Å². The Kier molecular flexibility index (Phi) is 5.04. The van der Waals surface area contributed by atoms with Gasteiger partial charge in [-0.25, -0.2) is 13.4 Å². The van der Waals surface area contributed by atoms with E-state index in [1.807, 2.05) is 6.92 Å². The Bertz CT molecular complexity index is 587. The molecule has 1 N–H and O–H groups in total. The molecular formula is C13H18N2O3S2. The van der Waals surface area contributed by atoms with Crippen LogP contribution in [0.3, 0.4) is 0 Å². The highest BCUT2D eigenvalue weighted by molar-refractivity contribution is 7.99. The molecule has 110 valence electrons. The first-order chi connectivity index (χ1) is 9.50. The normalized spacial score (nSPS) is 20.8. The van der Waals surface area contributed by atoms with Crippen molar-refractivity contribution in [2.24, 2.45) is 5.92 Å². The summed E-state index contributed by atoms with van der Waals surface area (Å²) in [7, 11) is -2.89. The number of carbonyl (C=O) groups is 1. The number of thioether (sulfide) groups is 1. The molecular weight excluding hydrogens is 296 g/mol. The molecule has 0 radical (unpaired) electrons. The molecule has 2 rings (SSSR count). The van der Waals surface area contributed by atoms with E-state index in [0.29, 0.717) is 18.5 Å². The number of hydrogen-bond donors (Lipinski definition) is 1. The molecule has 1 atom stereocenters. The topological polar surface area (TPSA) is 76.1 Å². The Labute approximate surface area is 123 Å². The molecule has 1 saturated heterocycles. The summed E-state index contributed by atoms with van der Waals surface area (Å²) in [5.74, 6) is 1.18. The molecule has 0 bridgehead atoms. The van der Waals surface area contributed by atoms with E-state index in [2.05, 4.69) is 10.3 Å². The summed E-state index contributed by atoms with van der Waals surface area (Å²) in [5, 5.41) is 3.63. The van der Waals surface area contributed by atoms with Crippen LogP contribution in [0.15, 0.2) is 23.4 Å². The maximum atomic E-state index is 12.0. The van der Waals surface area contributed by atoms with Crippen LogP contribution in [0.5, 0.6) is 0 Å². The van der Waals surface area contributed by atoms with E-state index in [0.717, 1.165) is 10.8 Å². The van der Waals surface area contributed by atoms with E-state index in [1.54, 1.807) is 30.1 Å². The van der Waals surface area contributed by atoms with Crippen LogP contribution in [-0.4, -0.2) is 43.1 Å². The molecule has 20 heavy (non-hydrogen) atoms. The molecule has 0 unspecified atom stereocenters. The second-order valence-electron chi connectivity index (χ2n) is 4.79. The van der Waals surface area contributed by atoms with Crippen LogP contribution in [0.2, 0.25) is 0 Å². The highest BCUT2D eigenvalue weighted by Gasteiger charge is 2.27. The smallest absolute Gasteiger partial charge is 0.251 e. The van der Waals surface area contributed by atoms with E-state index in [9.17, 15) is 13.2 Å².